The number of rotatable bonds is 4. The number of carbonyl (C=O) groups excluding carboxylic acids is 1. The Bertz CT molecular complexity index is 449. The van der Waals surface area contributed by atoms with Crippen molar-refractivity contribution in [3.8, 4) is 0 Å². The van der Waals surface area contributed by atoms with Gasteiger partial charge in [0.25, 0.3) is 0 Å². The van der Waals surface area contributed by atoms with Crippen LogP contribution in [0.2, 0.25) is 5.15 Å². The fraction of sp³-hybridized carbons (Fsp3) is 0.545. The van der Waals surface area contributed by atoms with E-state index in [1.807, 2.05) is 4.90 Å². The van der Waals surface area contributed by atoms with Crippen molar-refractivity contribution < 1.29 is 9.53 Å². The van der Waals surface area contributed by atoms with Gasteiger partial charge in [-0.05, 0) is 6.92 Å². The van der Waals surface area contributed by atoms with Gasteiger partial charge in [-0.15, -0.1) is 10.2 Å². The van der Waals surface area contributed by atoms with Crippen LogP contribution in [0.3, 0.4) is 0 Å². The number of ether oxygens (including phenoxy) is 1. The summed E-state index contributed by atoms with van der Waals surface area (Å²) in [5.41, 5.74) is 6.50. The number of carbonyl (C=O) groups is 1. The van der Waals surface area contributed by atoms with Gasteiger partial charge in [0.05, 0.1) is 18.7 Å². The normalized spacial score (nSPS) is 15.3. The smallest absolute Gasteiger partial charge is 0.306 e. The van der Waals surface area contributed by atoms with E-state index >= 15 is 0 Å². The first-order valence-electron chi connectivity index (χ1n) is 5.79. The lowest BCUT2D eigenvalue weighted by atomic mass is 9.96. The SMILES string of the molecule is CCOC(=O)CC1CN(c2cc(Cl)nnc2N)C1. The molecule has 1 fully saturated rings. The van der Waals surface area contributed by atoms with Crippen LogP contribution in [0.1, 0.15) is 13.3 Å². The monoisotopic (exact) mass is 270 g/mol. The number of nitrogens with zero attached hydrogens (tertiary/aromatic N) is 3. The van der Waals surface area contributed by atoms with Crippen molar-refractivity contribution in [1.29, 1.82) is 0 Å². The highest BCUT2D eigenvalue weighted by Gasteiger charge is 2.30. The summed E-state index contributed by atoms with van der Waals surface area (Å²) in [5.74, 6) is 0.505. The summed E-state index contributed by atoms with van der Waals surface area (Å²) < 4.78 is 4.91. The first kappa shape index (κ1) is 12.9. The second-order valence-electron chi connectivity index (χ2n) is 4.22. The quantitative estimate of drug-likeness (QED) is 0.825. The average Bonchev–Trinajstić information content (AvgIpc) is 2.27. The van der Waals surface area contributed by atoms with Gasteiger partial charge in [0.1, 0.15) is 0 Å². The van der Waals surface area contributed by atoms with Gasteiger partial charge < -0.3 is 15.4 Å². The molecule has 18 heavy (non-hydrogen) atoms. The lowest BCUT2D eigenvalue weighted by Crippen LogP contribution is -2.48. The highest BCUT2D eigenvalue weighted by atomic mass is 35.5. The van der Waals surface area contributed by atoms with Crippen LogP contribution in [0, 0.1) is 5.92 Å². The first-order chi connectivity index (χ1) is 8.60. The molecule has 2 heterocycles. The molecule has 2 N–H and O–H groups in total. The Balaban J connectivity index is 1.89. The summed E-state index contributed by atoms with van der Waals surface area (Å²) in [6.45, 7) is 3.73. The fourth-order valence-electron chi connectivity index (χ4n) is 1.97. The largest absolute Gasteiger partial charge is 0.466 e. The molecule has 0 aromatic carbocycles. The molecule has 1 aliphatic rings. The molecule has 1 saturated heterocycles. The Kier molecular flexibility index (Phi) is 3.86. The second-order valence-corrected chi connectivity index (χ2v) is 4.60. The van der Waals surface area contributed by atoms with Gasteiger partial charge in [0.2, 0.25) is 0 Å². The van der Waals surface area contributed by atoms with E-state index in [4.69, 9.17) is 22.1 Å². The predicted octanol–water partition coefficient (Wildman–Crippen LogP) is 1.10. The average molecular weight is 271 g/mol. The zero-order chi connectivity index (χ0) is 13.1. The summed E-state index contributed by atoms with van der Waals surface area (Å²) in [6, 6.07) is 1.68. The minimum absolute atomic E-state index is 0.152. The molecule has 0 saturated carbocycles. The van der Waals surface area contributed by atoms with Crippen LogP contribution >= 0.6 is 11.6 Å². The van der Waals surface area contributed by atoms with Crippen molar-refractivity contribution in [3.63, 3.8) is 0 Å². The van der Waals surface area contributed by atoms with Crippen LogP contribution in [0.4, 0.5) is 11.5 Å². The Hall–Kier alpha value is -1.56. The number of halogens is 1. The van der Waals surface area contributed by atoms with Gasteiger partial charge >= 0.3 is 5.97 Å². The molecule has 1 aromatic rings. The summed E-state index contributed by atoms with van der Waals surface area (Å²) in [7, 11) is 0. The highest BCUT2D eigenvalue weighted by Crippen LogP contribution is 2.31. The molecular formula is C11H15ClN4O2. The molecule has 7 heteroatoms. The molecule has 2 rings (SSSR count). The number of nitrogens with two attached hydrogens (primary N) is 1. The topological polar surface area (TPSA) is 81.3 Å². The Morgan fingerprint density at radius 1 is 1.61 bits per heavy atom. The fourth-order valence-corrected chi connectivity index (χ4v) is 2.11. The highest BCUT2D eigenvalue weighted by molar-refractivity contribution is 6.29. The number of hydrogen-bond acceptors (Lipinski definition) is 6. The summed E-state index contributed by atoms with van der Waals surface area (Å²) in [6.07, 6.45) is 0.441. The lowest BCUT2D eigenvalue weighted by Gasteiger charge is -2.40. The number of aromatic nitrogens is 2. The molecular weight excluding hydrogens is 256 g/mol. The standard InChI is InChI=1S/C11H15ClN4O2/c1-2-18-10(17)3-7-5-16(6-7)8-4-9(12)14-15-11(8)13/h4,7H,2-3,5-6H2,1H3,(H2,13,15). The van der Waals surface area contributed by atoms with E-state index in [0.717, 1.165) is 18.8 Å². The van der Waals surface area contributed by atoms with Gasteiger partial charge in [-0.25, -0.2) is 0 Å². The molecule has 0 amide bonds. The van der Waals surface area contributed by atoms with Gasteiger partial charge in [-0.1, -0.05) is 11.6 Å². The van der Waals surface area contributed by atoms with Crippen molar-refractivity contribution in [2.75, 3.05) is 30.3 Å². The lowest BCUT2D eigenvalue weighted by molar-refractivity contribution is -0.144. The molecule has 1 aliphatic heterocycles. The molecule has 1 aromatic heterocycles. The second kappa shape index (κ2) is 5.39. The third-order valence-corrected chi connectivity index (χ3v) is 3.01. The number of nitrogen functional groups attached to an aromatic ring is 1. The zero-order valence-electron chi connectivity index (χ0n) is 10.1. The van der Waals surface area contributed by atoms with Crippen molar-refractivity contribution in [2.45, 2.75) is 13.3 Å². The van der Waals surface area contributed by atoms with Crippen LogP contribution in [0.25, 0.3) is 0 Å². The van der Waals surface area contributed by atoms with Crippen molar-refractivity contribution in [3.05, 3.63) is 11.2 Å². The maximum Gasteiger partial charge on any atom is 0.306 e. The van der Waals surface area contributed by atoms with E-state index in [1.54, 1.807) is 13.0 Å². The van der Waals surface area contributed by atoms with Gasteiger partial charge in [-0.3, -0.25) is 4.79 Å². The molecule has 98 valence electrons. The van der Waals surface area contributed by atoms with Crippen LogP contribution in [0.15, 0.2) is 6.07 Å². The number of hydrogen-bond donors (Lipinski definition) is 1. The number of anilines is 2. The molecule has 0 unspecified atom stereocenters. The van der Waals surface area contributed by atoms with Gasteiger partial charge in [-0.2, -0.15) is 0 Å². The molecule has 0 radical (unpaired) electrons. The molecule has 0 spiro atoms. The van der Waals surface area contributed by atoms with Gasteiger partial charge in [0.15, 0.2) is 11.0 Å². The maximum atomic E-state index is 11.3. The first-order valence-corrected chi connectivity index (χ1v) is 6.17. The minimum atomic E-state index is -0.152. The predicted molar refractivity (Wildman–Crippen MR) is 68.4 cm³/mol. The van der Waals surface area contributed by atoms with E-state index in [0.29, 0.717) is 29.9 Å². The zero-order valence-corrected chi connectivity index (χ0v) is 10.9. The Morgan fingerprint density at radius 3 is 3.00 bits per heavy atom. The minimum Gasteiger partial charge on any atom is -0.466 e. The van der Waals surface area contributed by atoms with Crippen LogP contribution in [0.5, 0.6) is 0 Å². The van der Waals surface area contributed by atoms with Crippen LogP contribution < -0.4 is 10.6 Å². The third kappa shape index (κ3) is 2.81. The van der Waals surface area contributed by atoms with E-state index in [-0.39, 0.29) is 5.97 Å². The summed E-state index contributed by atoms with van der Waals surface area (Å²) in [4.78, 5) is 13.3. The molecule has 0 bridgehead atoms. The molecule has 0 atom stereocenters. The third-order valence-electron chi connectivity index (χ3n) is 2.83. The Morgan fingerprint density at radius 2 is 2.33 bits per heavy atom. The summed E-state index contributed by atoms with van der Waals surface area (Å²) in [5, 5.41) is 7.73. The molecule has 6 nitrogen and oxygen atoms in total. The maximum absolute atomic E-state index is 11.3. The van der Waals surface area contributed by atoms with Crippen molar-refractivity contribution in [1.82, 2.24) is 10.2 Å². The van der Waals surface area contributed by atoms with Crippen molar-refractivity contribution >= 4 is 29.1 Å². The van der Waals surface area contributed by atoms with E-state index < -0.39 is 0 Å². The van der Waals surface area contributed by atoms with Crippen LogP contribution in [-0.4, -0.2) is 35.9 Å². The van der Waals surface area contributed by atoms with E-state index in [1.165, 1.54) is 0 Å². The van der Waals surface area contributed by atoms with E-state index in [9.17, 15) is 4.79 Å². The van der Waals surface area contributed by atoms with E-state index in [2.05, 4.69) is 10.2 Å². The molecule has 0 aliphatic carbocycles. The van der Waals surface area contributed by atoms with Crippen molar-refractivity contribution in [2.24, 2.45) is 5.92 Å². The van der Waals surface area contributed by atoms with Gasteiger partial charge in [0, 0.05) is 25.1 Å². The Labute approximate surface area is 110 Å². The van der Waals surface area contributed by atoms with Crippen LogP contribution in [-0.2, 0) is 9.53 Å². The summed E-state index contributed by atoms with van der Waals surface area (Å²) >= 11 is 5.77. The number of esters is 1.